The topological polar surface area (TPSA) is 58.5 Å². The van der Waals surface area contributed by atoms with Gasteiger partial charge in [0.15, 0.2) is 5.96 Å². The smallest absolute Gasteiger partial charge is 0.191 e. The van der Waals surface area contributed by atoms with Gasteiger partial charge in [0, 0.05) is 37.4 Å². The van der Waals surface area contributed by atoms with E-state index in [9.17, 15) is 0 Å². The van der Waals surface area contributed by atoms with Gasteiger partial charge in [0.2, 0.25) is 0 Å². The summed E-state index contributed by atoms with van der Waals surface area (Å²) in [6.07, 6.45) is 2.95. The number of aryl methyl sites for hydroxylation is 2. The van der Waals surface area contributed by atoms with Gasteiger partial charge >= 0.3 is 0 Å². The molecule has 2 heterocycles. The van der Waals surface area contributed by atoms with Gasteiger partial charge < -0.3 is 15.4 Å². The van der Waals surface area contributed by atoms with Crippen LogP contribution in [0.3, 0.4) is 0 Å². The van der Waals surface area contributed by atoms with Gasteiger partial charge in [0.25, 0.3) is 0 Å². The Morgan fingerprint density at radius 3 is 2.92 bits per heavy atom. The normalized spacial score (nSPS) is 13.4. The van der Waals surface area contributed by atoms with E-state index in [0.717, 1.165) is 67.9 Å². The van der Waals surface area contributed by atoms with E-state index >= 15 is 0 Å². The average Bonchev–Trinajstić information content (AvgIpc) is 3.20. The lowest BCUT2D eigenvalue weighted by molar-refractivity contribution is 0.357. The maximum Gasteiger partial charge on any atom is 0.191 e. The van der Waals surface area contributed by atoms with Crippen LogP contribution >= 0.6 is 11.3 Å². The molecule has 26 heavy (non-hydrogen) atoms. The fourth-order valence-electron chi connectivity index (χ4n) is 3.14. The molecular formula is C20H28N4OS. The Bertz CT molecular complexity index is 769. The summed E-state index contributed by atoms with van der Waals surface area (Å²) in [6.45, 7) is 9.54. The summed E-state index contributed by atoms with van der Waals surface area (Å²) in [7, 11) is 0. The van der Waals surface area contributed by atoms with E-state index in [1.54, 1.807) is 11.3 Å². The largest absolute Gasteiger partial charge is 0.493 e. The monoisotopic (exact) mass is 372 g/mol. The first-order chi connectivity index (χ1) is 12.7. The second-order valence-electron chi connectivity index (χ2n) is 6.47. The van der Waals surface area contributed by atoms with E-state index in [2.05, 4.69) is 54.6 Å². The highest BCUT2D eigenvalue weighted by molar-refractivity contribution is 7.11. The molecule has 0 fully saturated rings. The number of hydrogen-bond donors (Lipinski definition) is 2. The molecule has 0 saturated carbocycles. The Labute approximate surface area is 159 Å². The molecule has 0 radical (unpaired) electrons. The third-order valence-corrected chi connectivity index (χ3v) is 5.55. The molecule has 2 N–H and O–H groups in total. The zero-order valence-corrected chi connectivity index (χ0v) is 16.7. The van der Waals surface area contributed by atoms with Crippen molar-refractivity contribution in [1.82, 2.24) is 15.6 Å². The molecule has 0 aliphatic carbocycles. The number of rotatable bonds is 7. The molecule has 1 aromatic heterocycles. The predicted molar refractivity (Wildman–Crippen MR) is 109 cm³/mol. The van der Waals surface area contributed by atoms with Crippen LogP contribution in [0.4, 0.5) is 0 Å². The molecule has 0 saturated heterocycles. The number of aromatic nitrogens is 1. The van der Waals surface area contributed by atoms with Crippen LogP contribution in [0.25, 0.3) is 0 Å². The fourth-order valence-corrected chi connectivity index (χ4v) is 4.06. The molecule has 0 atom stereocenters. The molecule has 3 rings (SSSR count). The van der Waals surface area contributed by atoms with Crippen molar-refractivity contribution in [2.45, 2.75) is 40.0 Å². The second-order valence-corrected chi connectivity index (χ2v) is 7.76. The lowest BCUT2D eigenvalue weighted by atomic mass is 10.1. The Morgan fingerprint density at radius 1 is 1.27 bits per heavy atom. The number of thiazole rings is 1. The number of nitrogens with one attached hydrogen (secondary N) is 2. The Morgan fingerprint density at radius 2 is 2.15 bits per heavy atom. The Kier molecular flexibility index (Phi) is 6.50. The van der Waals surface area contributed by atoms with Crippen molar-refractivity contribution in [3.63, 3.8) is 0 Å². The van der Waals surface area contributed by atoms with Crippen molar-refractivity contribution >= 4 is 17.3 Å². The molecule has 0 unspecified atom stereocenters. The molecule has 140 valence electrons. The summed E-state index contributed by atoms with van der Waals surface area (Å²) < 4.78 is 5.57. The van der Waals surface area contributed by atoms with E-state index in [1.807, 2.05) is 0 Å². The molecule has 2 aromatic rings. The maximum absolute atomic E-state index is 5.57. The molecular weight excluding hydrogens is 344 g/mol. The zero-order chi connectivity index (χ0) is 18.4. The minimum Gasteiger partial charge on any atom is -0.493 e. The average molecular weight is 373 g/mol. The molecule has 6 heteroatoms. The van der Waals surface area contributed by atoms with Crippen molar-refractivity contribution < 1.29 is 4.74 Å². The second kappa shape index (κ2) is 9.03. The van der Waals surface area contributed by atoms with Gasteiger partial charge in [-0.05, 0) is 44.4 Å². The van der Waals surface area contributed by atoms with Crippen LogP contribution < -0.4 is 15.4 Å². The molecule has 1 aliphatic rings. The minimum atomic E-state index is 0.772. The highest BCUT2D eigenvalue weighted by Gasteiger charge is 2.11. The van der Waals surface area contributed by atoms with E-state index in [-0.39, 0.29) is 0 Å². The first-order valence-electron chi connectivity index (χ1n) is 9.35. The number of aliphatic imine (C=N–C) groups is 1. The van der Waals surface area contributed by atoms with Gasteiger partial charge in [-0.2, -0.15) is 0 Å². The first kappa shape index (κ1) is 18.7. The summed E-state index contributed by atoms with van der Waals surface area (Å²) in [4.78, 5) is 10.5. The molecule has 5 nitrogen and oxygen atoms in total. The molecule has 0 amide bonds. The highest BCUT2D eigenvalue weighted by Crippen LogP contribution is 2.25. The number of nitrogens with zero attached hydrogens (tertiary/aromatic N) is 2. The Balaban J connectivity index is 1.49. The number of ether oxygens (including phenoxy) is 1. The van der Waals surface area contributed by atoms with Gasteiger partial charge in [0.1, 0.15) is 5.75 Å². The number of fused-ring (bicyclic) bond motifs is 1. The molecule has 1 aromatic carbocycles. The van der Waals surface area contributed by atoms with Gasteiger partial charge in [0.05, 0.1) is 17.3 Å². The van der Waals surface area contributed by atoms with E-state index in [0.29, 0.717) is 0 Å². The number of hydrogen-bond acceptors (Lipinski definition) is 4. The van der Waals surface area contributed by atoms with Crippen LogP contribution in [0.2, 0.25) is 0 Å². The maximum atomic E-state index is 5.57. The van der Waals surface area contributed by atoms with Gasteiger partial charge in [-0.3, -0.25) is 4.99 Å². The van der Waals surface area contributed by atoms with E-state index in [1.165, 1.54) is 16.0 Å². The van der Waals surface area contributed by atoms with Crippen molar-refractivity contribution in [3.8, 4) is 5.75 Å². The lowest BCUT2D eigenvalue weighted by Gasteiger charge is -2.11. The SMILES string of the molecule is CCNC(=NCCc1sc(C)nc1C)NCCc1ccc2c(c1)CCO2. The van der Waals surface area contributed by atoms with Crippen LogP contribution in [-0.4, -0.2) is 37.2 Å². The minimum absolute atomic E-state index is 0.772. The van der Waals surface area contributed by atoms with Crippen LogP contribution in [0, 0.1) is 13.8 Å². The van der Waals surface area contributed by atoms with Crippen LogP contribution in [0.1, 0.15) is 33.6 Å². The summed E-state index contributed by atoms with van der Waals surface area (Å²) in [6, 6.07) is 6.52. The number of benzene rings is 1. The van der Waals surface area contributed by atoms with E-state index < -0.39 is 0 Å². The number of guanidine groups is 1. The summed E-state index contributed by atoms with van der Waals surface area (Å²) >= 11 is 1.77. The van der Waals surface area contributed by atoms with Gasteiger partial charge in [-0.15, -0.1) is 11.3 Å². The molecule has 1 aliphatic heterocycles. The van der Waals surface area contributed by atoms with Crippen molar-refractivity contribution in [1.29, 1.82) is 0 Å². The first-order valence-corrected chi connectivity index (χ1v) is 10.2. The fraction of sp³-hybridized carbons (Fsp3) is 0.500. The molecule has 0 bridgehead atoms. The van der Waals surface area contributed by atoms with Crippen molar-refractivity contribution in [3.05, 3.63) is 44.9 Å². The zero-order valence-electron chi connectivity index (χ0n) is 15.9. The van der Waals surface area contributed by atoms with Crippen LogP contribution in [-0.2, 0) is 19.3 Å². The third kappa shape index (κ3) is 4.97. The van der Waals surface area contributed by atoms with Gasteiger partial charge in [-0.25, -0.2) is 4.98 Å². The molecule has 0 spiro atoms. The summed E-state index contributed by atoms with van der Waals surface area (Å²) in [5, 5.41) is 7.89. The van der Waals surface area contributed by atoms with E-state index in [4.69, 9.17) is 9.73 Å². The standard InChI is InChI=1S/C20H28N4OS/c1-4-21-20(23-11-8-19-14(2)24-15(3)26-19)22-10-7-16-5-6-18-17(13-16)9-12-25-18/h5-6,13H,4,7-12H2,1-3H3,(H2,21,22,23). The van der Waals surface area contributed by atoms with Crippen molar-refractivity contribution in [2.75, 3.05) is 26.2 Å². The lowest BCUT2D eigenvalue weighted by Crippen LogP contribution is -2.38. The van der Waals surface area contributed by atoms with Crippen LogP contribution in [0.5, 0.6) is 5.75 Å². The summed E-state index contributed by atoms with van der Waals surface area (Å²) in [5.41, 5.74) is 3.81. The quantitative estimate of drug-likeness (QED) is 0.579. The van der Waals surface area contributed by atoms with Gasteiger partial charge in [-0.1, -0.05) is 12.1 Å². The Hall–Kier alpha value is -2.08. The highest BCUT2D eigenvalue weighted by atomic mass is 32.1. The van der Waals surface area contributed by atoms with Crippen molar-refractivity contribution in [2.24, 2.45) is 4.99 Å². The predicted octanol–water partition coefficient (Wildman–Crippen LogP) is 3.04. The summed E-state index contributed by atoms with van der Waals surface area (Å²) in [5.74, 6) is 1.93. The third-order valence-electron chi connectivity index (χ3n) is 4.41. The van der Waals surface area contributed by atoms with Crippen LogP contribution in [0.15, 0.2) is 23.2 Å².